The van der Waals surface area contributed by atoms with Gasteiger partial charge in [0.1, 0.15) is 0 Å². The van der Waals surface area contributed by atoms with Crippen molar-refractivity contribution in [3.63, 3.8) is 0 Å². The summed E-state index contributed by atoms with van der Waals surface area (Å²) >= 11 is 0. The van der Waals surface area contributed by atoms with Crippen molar-refractivity contribution in [3.8, 4) is 0 Å². The minimum absolute atomic E-state index is 0.116. The highest BCUT2D eigenvalue weighted by Crippen LogP contribution is 2.06. The second-order valence-corrected chi connectivity index (χ2v) is 5.43. The largest absolute Gasteiger partial charge is 0.466 e. The first-order valence-electron chi connectivity index (χ1n) is 7.79. The molecule has 1 amide bonds. The molecule has 0 aromatic heterocycles. The third kappa shape index (κ3) is 7.61. The van der Waals surface area contributed by atoms with Crippen LogP contribution in [-0.4, -0.2) is 47.7 Å². The van der Waals surface area contributed by atoms with Crippen molar-refractivity contribution in [1.82, 2.24) is 4.90 Å². The lowest BCUT2D eigenvalue weighted by Crippen LogP contribution is -2.37. The molecule has 0 saturated heterocycles. The Labute approximate surface area is 137 Å². The molecule has 0 radical (unpaired) electrons. The van der Waals surface area contributed by atoms with Crippen LogP contribution in [0.3, 0.4) is 0 Å². The van der Waals surface area contributed by atoms with Crippen LogP contribution in [0.1, 0.15) is 31.4 Å². The lowest BCUT2D eigenvalue weighted by atomic mass is 10.1. The SMILES string of the molecule is CCOC(=O)CCN(CC(C)O)C(=O)/C=C/c1ccc(C)cc1. The molecule has 23 heavy (non-hydrogen) atoms. The zero-order chi connectivity index (χ0) is 17.2. The van der Waals surface area contributed by atoms with Crippen LogP contribution in [0.25, 0.3) is 6.08 Å². The Morgan fingerprint density at radius 2 is 1.96 bits per heavy atom. The second-order valence-electron chi connectivity index (χ2n) is 5.43. The molecule has 0 aliphatic heterocycles. The summed E-state index contributed by atoms with van der Waals surface area (Å²) in [4.78, 5) is 25.1. The highest BCUT2D eigenvalue weighted by Gasteiger charge is 2.15. The van der Waals surface area contributed by atoms with Gasteiger partial charge in [-0.15, -0.1) is 0 Å². The van der Waals surface area contributed by atoms with Crippen molar-refractivity contribution in [1.29, 1.82) is 0 Å². The summed E-state index contributed by atoms with van der Waals surface area (Å²) < 4.78 is 4.86. The smallest absolute Gasteiger partial charge is 0.307 e. The molecular formula is C18H25NO4. The van der Waals surface area contributed by atoms with Gasteiger partial charge < -0.3 is 14.7 Å². The van der Waals surface area contributed by atoms with Crippen LogP contribution in [0.4, 0.5) is 0 Å². The molecule has 126 valence electrons. The van der Waals surface area contributed by atoms with E-state index in [0.29, 0.717) is 6.61 Å². The first-order chi connectivity index (χ1) is 10.9. The third-order valence-corrected chi connectivity index (χ3v) is 3.18. The number of hydrogen-bond acceptors (Lipinski definition) is 4. The standard InChI is InChI=1S/C18H25NO4/c1-4-23-18(22)11-12-19(13-15(3)20)17(21)10-9-16-7-5-14(2)6-8-16/h5-10,15,20H,4,11-13H2,1-3H3/b10-9+. The van der Waals surface area contributed by atoms with Gasteiger partial charge in [-0.2, -0.15) is 0 Å². The number of rotatable bonds is 8. The van der Waals surface area contributed by atoms with Gasteiger partial charge >= 0.3 is 5.97 Å². The molecule has 1 atom stereocenters. The molecule has 0 fully saturated rings. The molecule has 0 bridgehead atoms. The monoisotopic (exact) mass is 319 g/mol. The minimum Gasteiger partial charge on any atom is -0.466 e. The van der Waals surface area contributed by atoms with Crippen LogP contribution in [0.2, 0.25) is 0 Å². The van der Waals surface area contributed by atoms with E-state index in [2.05, 4.69) is 0 Å². The molecule has 0 aliphatic rings. The van der Waals surface area contributed by atoms with Crippen molar-refractivity contribution in [2.45, 2.75) is 33.3 Å². The molecule has 1 unspecified atom stereocenters. The quantitative estimate of drug-likeness (QED) is 0.589. The van der Waals surface area contributed by atoms with Crippen LogP contribution in [0, 0.1) is 6.92 Å². The summed E-state index contributed by atoms with van der Waals surface area (Å²) in [5, 5.41) is 9.52. The zero-order valence-electron chi connectivity index (χ0n) is 14.0. The van der Waals surface area contributed by atoms with Gasteiger partial charge in [0.05, 0.1) is 19.1 Å². The van der Waals surface area contributed by atoms with E-state index in [1.807, 2.05) is 31.2 Å². The number of aliphatic hydroxyl groups is 1. The predicted octanol–water partition coefficient (Wildman–Crippen LogP) is 2.17. The van der Waals surface area contributed by atoms with Gasteiger partial charge in [0.15, 0.2) is 0 Å². The molecule has 5 heteroatoms. The average Bonchev–Trinajstić information content (AvgIpc) is 2.50. The van der Waals surface area contributed by atoms with E-state index in [9.17, 15) is 14.7 Å². The van der Waals surface area contributed by atoms with Crippen molar-refractivity contribution in [3.05, 3.63) is 41.5 Å². The highest BCUT2D eigenvalue weighted by molar-refractivity contribution is 5.92. The van der Waals surface area contributed by atoms with E-state index >= 15 is 0 Å². The predicted molar refractivity (Wildman–Crippen MR) is 89.7 cm³/mol. The number of carbonyl (C=O) groups excluding carboxylic acids is 2. The maximum absolute atomic E-state index is 12.3. The van der Waals surface area contributed by atoms with Crippen molar-refractivity contribution >= 4 is 18.0 Å². The molecule has 1 aromatic rings. The molecule has 0 aliphatic carbocycles. The van der Waals surface area contributed by atoms with E-state index in [-0.39, 0.29) is 31.4 Å². The van der Waals surface area contributed by atoms with Crippen LogP contribution in [0.5, 0.6) is 0 Å². The fraction of sp³-hybridized carbons (Fsp3) is 0.444. The van der Waals surface area contributed by atoms with Crippen molar-refractivity contribution in [2.24, 2.45) is 0 Å². The number of carbonyl (C=O) groups is 2. The van der Waals surface area contributed by atoms with Gasteiger partial charge in [-0.1, -0.05) is 29.8 Å². The van der Waals surface area contributed by atoms with Crippen LogP contribution in [-0.2, 0) is 14.3 Å². The van der Waals surface area contributed by atoms with Gasteiger partial charge in [0.25, 0.3) is 0 Å². The fourth-order valence-corrected chi connectivity index (χ4v) is 2.02. The van der Waals surface area contributed by atoms with E-state index < -0.39 is 6.10 Å². The summed E-state index contributed by atoms with van der Waals surface area (Å²) in [6, 6.07) is 7.80. The second kappa shape index (κ2) is 9.79. The topological polar surface area (TPSA) is 66.8 Å². The lowest BCUT2D eigenvalue weighted by Gasteiger charge is -2.22. The number of aliphatic hydroxyl groups excluding tert-OH is 1. The number of ether oxygens (including phenoxy) is 1. The summed E-state index contributed by atoms with van der Waals surface area (Å²) in [6.07, 6.45) is 2.64. The van der Waals surface area contributed by atoms with Gasteiger partial charge in [-0.25, -0.2) is 0 Å². The number of nitrogens with zero attached hydrogens (tertiary/aromatic N) is 1. The van der Waals surface area contributed by atoms with E-state index in [4.69, 9.17) is 4.74 Å². The molecular weight excluding hydrogens is 294 g/mol. The van der Waals surface area contributed by atoms with Gasteiger partial charge in [-0.05, 0) is 32.4 Å². The minimum atomic E-state index is -0.658. The molecule has 1 aromatic carbocycles. The van der Waals surface area contributed by atoms with E-state index in [1.54, 1.807) is 19.9 Å². The Morgan fingerprint density at radius 1 is 1.30 bits per heavy atom. The van der Waals surface area contributed by atoms with E-state index in [1.165, 1.54) is 11.0 Å². The van der Waals surface area contributed by atoms with Crippen LogP contribution >= 0.6 is 0 Å². The maximum Gasteiger partial charge on any atom is 0.307 e. The Hall–Kier alpha value is -2.14. The summed E-state index contributed by atoms with van der Waals surface area (Å²) in [6.45, 7) is 6.06. The third-order valence-electron chi connectivity index (χ3n) is 3.18. The van der Waals surface area contributed by atoms with E-state index in [0.717, 1.165) is 11.1 Å². The number of benzene rings is 1. The lowest BCUT2D eigenvalue weighted by molar-refractivity contribution is -0.144. The molecule has 0 spiro atoms. The number of amides is 1. The Kier molecular flexibility index (Phi) is 8.05. The first kappa shape index (κ1) is 18.9. The maximum atomic E-state index is 12.3. The molecule has 0 heterocycles. The van der Waals surface area contributed by atoms with Crippen LogP contribution in [0.15, 0.2) is 30.3 Å². The summed E-state index contributed by atoms with van der Waals surface area (Å²) in [5.41, 5.74) is 2.07. The Morgan fingerprint density at radius 3 is 2.52 bits per heavy atom. The summed E-state index contributed by atoms with van der Waals surface area (Å²) in [5.74, 6) is -0.589. The molecule has 5 nitrogen and oxygen atoms in total. The number of aryl methyl sites for hydroxylation is 1. The fourth-order valence-electron chi connectivity index (χ4n) is 2.02. The summed E-state index contributed by atoms with van der Waals surface area (Å²) in [7, 11) is 0. The Balaban J connectivity index is 2.66. The van der Waals surface area contributed by atoms with Crippen molar-refractivity contribution < 1.29 is 19.4 Å². The molecule has 1 N–H and O–H groups in total. The van der Waals surface area contributed by atoms with Crippen LogP contribution < -0.4 is 0 Å². The van der Waals surface area contributed by atoms with Crippen molar-refractivity contribution in [2.75, 3.05) is 19.7 Å². The Bertz CT molecular complexity index is 534. The van der Waals surface area contributed by atoms with Gasteiger partial charge in [0, 0.05) is 19.2 Å². The molecule has 0 saturated carbocycles. The van der Waals surface area contributed by atoms with Gasteiger partial charge in [0.2, 0.25) is 5.91 Å². The number of esters is 1. The number of hydrogen-bond donors (Lipinski definition) is 1. The first-order valence-corrected chi connectivity index (χ1v) is 7.79. The average molecular weight is 319 g/mol. The van der Waals surface area contributed by atoms with Gasteiger partial charge in [-0.3, -0.25) is 9.59 Å². The molecule has 1 rings (SSSR count). The zero-order valence-corrected chi connectivity index (χ0v) is 14.0. The highest BCUT2D eigenvalue weighted by atomic mass is 16.5. The normalized spacial score (nSPS) is 12.2.